The van der Waals surface area contributed by atoms with E-state index in [4.69, 9.17) is 8.94 Å². The zero-order valence-corrected chi connectivity index (χ0v) is 13.2. The Balaban J connectivity index is 0.00000180. The Bertz CT molecular complexity index is 482. The third-order valence-corrected chi connectivity index (χ3v) is 2.49. The molecular weight excluding hydrogens is 359 g/mol. The molecule has 0 amide bonds. The summed E-state index contributed by atoms with van der Waals surface area (Å²) in [6.07, 6.45) is 4.92. The maximum atomic E-state index is 5.01. The van der Waals surface area contributed by atoms with Crippen molar-refractivity contribution in [1.82, 2.24) is 15.4 Å². The molecule has 7 heteroatoms. The summed E-state index contributed by atoms with van der Waals surface area (Å²) in [5.41, 5.74) is 1.94. The molecule has 2 aromatic heterocycles. The van der Waals surface area contributed by atoms with E-state index in [1.54, 1.807) is 25.8 Å². The predicted octanol–water partition coefficient (Wildman–Crippen LogP) is 2.09. The van der Waals surface area contributed by atoms with Crippen LogP contribution >= 0.6 is 24.0 Å². The van der Waals surface area contributed by atoms with Gasteiger partial charge >= 0.3 is 0 Å². The van der Waals surface area contributed by atoms with Gasteiger partial charge in [-0.25, -0.2) is 0 Å². The van der Waals surface area contributed by atoms with Crippen molar-refractivity contribution in [2.45, 2.75) is 13.1 Å². The molecule has 0 saturated heterocycles. The van der Waals surface area contributed by atoms with E-state index in [0.29, 0.717) is 13.1 Å². The average molecular weight is 376 g/mol. The molecule has 2 heterocycles. The van der Waals surface area contributed by atoms with Gasteiger partial charge in [0, 0.05) is 32.3 Å². The number of nitrogens with zero attached hydrogens (tertiary/aromatic N) is 3. The summed E-state index contributed by atoms with van der Waals surface area (Å²) in [5, 5.41) is 7.11. The summed E-state index contributed by atoms with van der Waals surface area (Å²) in [7, 11) is 3.69. The molecule has 0 atom stereocenters. The maximum Gasteiger partial charge on any atom is 0.194 e. The van der Waals surface area contributed by atoms with Crippen LogP contribution in [0.5, 0.6) is 0 Å². The fourth-order valence-electron chi connectivity index (χ4n) is 1.60. The van der Waals surface area contributed by atoms with E-state index in [1.165, 1.54) is 0 Å². The Morgan fingerprint density at radius 3 is 2.84 bits per heavy atom. The van der Waals surface area contributed by atoms with Gasteiger partial charge in [0.05, 0.1) is 19.1 Å². The van der Waals surface area contributed by atoms with Crippen LogP contribution in [0.15, 0.2) is 44.9 Å². The monoisotopic (exact) mass is 376 g/mol. The van der Waals surface area contributed by atoms with Crippen molar-refractivity contribution in [1.29, 1.82) is 0 Å². The van der Waals surface area contributed by atoms with Crippen molar-refractivity contribution in [3.63, 3.8) is 0 Å². The number of guanidine groups is 1. The maximum absolute atomic E-state index is 5.01. The lowest BCUT2D eigenvalue weighted by atomic mass is 10.3. The lowest BCUT2D eigenvalue weighted by molar-refractivity contribution is 0.391. The predicted molar refractivity (Wildman–Crippen MR) is 82.3 cm³/mol. The first-order chi connectivity index (χ1) is 8.79. The van der Waals surface area contributed by atoms with Crippen LogP contribution in [-0.2, 0) is 13.1 Å². The lowest BCUT2D eigenvalue weighted by Gasteiger charge is -2.20. The normalized spacial score (nSPS) is 10.9. The summed E-state index contributed by atoms with van der Waals surface area (Å²) in [6, 6.07) is 3.75. The molecule has 0 radical (unpaired) electrons. The minimum Gasteiger partial charge on any atom is -0.472 e. The van der Waals surface area contributed by atoms with Gasteiger partial charge in [-0.1, -0.05) is 5.16 Å². The number of hydrogen-bond acceptors (Lipinski definition) is 4. The molecule has 2 rings (SSSR count). The van der Waals surface area contributed by atoms with Gasteiger partial charge in [0.1, 0.15) is 12.0 Å². The third-order valence-electron chi connectivity index (χ3n) is 2.49. The van der Waals surface area contributed by atoms with Gasteiger partial charge in [-0.15, -0.1) is 24.0 Å². The van der Waals surface area contributed by atoms with Crippen molar-refractivity contribution in [2.75, 3.05) is 14.1 Å². The number of rotatable bonds is 4. The molecule has 0 fully saturated rings. The van der Waals surface area contributed by atoms with Crippen LogP contribution in [0.3, 0.4) is 0 Å². The Morgan fingerprint density at radius 1 is 1.42 bits per heavy atom. The minimum atomic E-state index is 0. The smallest absolute Gasteiger partial charge is 0.194 e. The van der Waals surface area contributed by atoms with Crippen LogP contribution in [0.1, 0.15) is 11.3 Å². The molecule has 0 unspecified atom stereocenters. The van der Waals surface area contributed by atoms with Crippen molar-refractivity contribution >= 4 is 29.9 Å². The largest absolute Gasteiger partial charge is 0.472 e. The number of halogens is 1. The van der Waals surface area contributed by atoms with Gasteiger partial charge in [-0.3, -0.25) is 4.99 Å². The highest BCUT2D eigenvalue weighted by Crippen LogP contribution is 2.02. The van der Waals surface area contributed by atoms with E-state index in [0.717, 1.165) is 17.2 Å². The molecule has 6 nitrogen and oxygen atoms in total. The number of aliphatic imine (C=N–C) groups is 1. The summed E-state index contributed by atoms with van der Waals surface area (Å²) < 4.78 is 9.81. The summed E-state index contributed by atoms with van der Waals surface area (Å²) in [4.78, 5) is 6.18. The Morgan fingerprint density at radius 2 is 2.26 bits per heavy atom. The van der Waals surface area contributed by atoms with Crippen molar-refractivity contribution < 1.29 is 8.94 Å². The van der Waals surface area contributed by atoms with Crippen molar-refractivity contribution in [3.8, 4) is 0 Å². The summed E-state index contributed by atoms with van der Waals surface area (Å²) in [6.45, 7) is 1.31. The zero-order valence-electron chi connectivity index (χ0n) is 10.9. The molecule has 0 aromatic carbocycles. The van der Waals surface area contributed by atoms with Crippen LogP contribution in [0, 0.1) is 0 Å². The molecule has 0 spiro atoms. The van der Waals surface area contributed by atoms with Crippen molar-refractivity contribution in [3.05, 3.63) is 42.2 Å². The number of hydrogen-bond donors (Lipinski definition) is 1. The SMILES string of the molecule is CN=C(NCc1ccoc1)N(C)Cc1ccon1.I. The second-order valence-electron chi connectivity index (χ2n) is 3.88. The highest BCUT2D eigenvalue weighted by Gasteiger charge is 2.08. The van der Waals surface area contributed by atoms with Crippen LogP contribution in [0.2, 0.25) is 0 Å². The first-order valence-electron chi connectivity index (χ1n) is 5.61. The highest BCUT2D eigenvalue weighted by atomic mass is 127. The van der Waals surface area contributed by atoms with E-state index in [2.05, 4.69) is 15.5 Å². The van der Waals surface area contributed by atoms with Crippen LogP contribution < -0.4 is 5.32 Å². The molecule has 0 bridgehead atoms. The van der Waals surface area contributed by atoms with Crippen molar-refractivity contribution in [2.24, 2.45) is 4.99 Å². The Labute approximate surface area is 128 Å². The average Bonchev–Trinajstić information content (AvgIpc) is 3.02. The first-order valence-corrected chi connectivity index (χ1v) is 5.61. The fourth-order valence-corrected chi connectivity index (χ4v) is 1.60. The second-order valence-corrected chi connectivity index (χ2v) is 3.88. The summed E-state index contributed by atoms with van der Waals surface area (Å²) in [5.74, 6) is 0.791. The van der Waals surface area contributed by atoms with E-state index < -0.39 is 0 Å². The molecule has 19 heavy (non-hydrogen) atoms. The van der Waals surface area contributed by atoms with E-state index in [9.17, 15) is 0 Å². The van der Waals surface area contributed by atoms with E-state index in [1.807, 2.05) is 24.1 Å². The molecule has 2 aromatic rings. The molecule has 0 aliphatic rings. The zero-order chi connectivity index (χ0) is 12.8. The molecule has 0 aliphatic carbocycles. The second kappa shape index (κ2) is 7.82. The Hall–Kier alpha value is -1.51. The van der Waals surface area contributed by atoms with Crippen LogP contribution in [-0.4, -0.2) is 30.1 Å². The lowest BCUT2D eigenvalue weighted by Crippen LogP contribution is -2.38. The molecule has 1 N–H and O–H groups in total. The molecular formula is C12H17IN4O2. The number of furan rings is 1. The molecule has 0 saturated carbocycles. The first kappa shape index (κ1) is 15.5. The molecule has 0 aliphatic heterocycles. The van der Waals surface area contributed by atoms with Crippen LogP contribution in [0.25, 0.3) is 0 Å². The van der Waals surface area contributed by atoms with E-state index in [-0.39, 0.29) is 24.0 Å². The number of nitrogens with one attached hydrogen (secondary N) is 1. The van der Waals surface area contributed by atoms with Gasteiger partial charge in [0.2, 0.25) is 0 Å². The fraction of sp³-hybridized carbons (Fsp3) is 0.333. The van der Waals surface area contributed by atoms with E-state index >= 15 is 0 Å². The quantitative estimate of drug-likeness (QED) is 0.503. The van der Waals surface area contributed by atoms with Gasteiger partial charge < -0.3 is 19.2 Å². The topological polar surface area (TPSA) is 66.8 Å². The summed E-state index contributed by atoms with van der Waals surface area (Å²) >= 11 is 0. The van der Waals surface area contributed by atoms with Gasteiger partial charge in [-0.2, -0.15) is 0 Å². The van der Waals surface area contributed by atoms with Gasteiger partial charge in [0.15, 0.2) is 5.96 Å². The Kier molecular flexibility index (Phi) is 6.40. The van der Waals surface area contributed by atoms with Gasteiger partial charge in [-0.05, 0) is 6.07 Å². The van der Waals surface area contributed by atoms with Crippen LogP contribution in [0.4, 0.5) is 0 Å². The standard InChI is InChI=1S/C12H16N4O2.HI/c1-13-12(14-7-10-3-5-17-9-10)16(2)8-11-4-6-18-15-11;/h3-6,9H,7-8H2,1-2H3,(H,13,14);1H. The van der Waals surface area contributed by atoms with Gasteiger partial charge in [0.25, 0.3) is 0 Å². The number of aromatic nitrogens is 1. The highest BCUT2D eigenvalue weighted by molar-refractivity contribution is 14.0. The molecule has 104 valence electrons. The third kappa shape index (κ3) is 4.58. The minimum absolute atomic E-state index is 0.